The second-order valence-electron chi connectivity index (χ2n) is 6.26. The van der Waals surface area contributed by atoms with Crippen LogP contribution in [-0.4, -0.2) is 27.5 Å². The Morgan fingerprint density at radius 3 is 2.62 bits per heavy atom. The third-order valence-electron chi connectivity index (χ3n) is 4.39. The largest absolute Gasteiger partial charge is 0.339 e. The van der Waals surface area contributed by atoms with Crippen LogP contribution in [0.4, 0.5) is 0 Å². The topological polar surface area (TPSA) is 59.2 Å². The summed E-state index contributed by atoms with van der Waals surface area (Å²) in [4.78, 5) is 18.7. The van der Waals surface area contributed by atoms with Crippen molar-refractivity contribution in [1.29, 1.82) is 0 Å². The van der Waals surface area contributed by atoms with Gasteiger partial charge >= 0.3 is 0 Å². The maximum absolute atomic E-state index is 12.3. The first-order valence-electron chi connectivity index (χ1n) is 8.20. The Morgan fingerprint density at radius 2 is 1.88 bits per heavy atom. The van der Waals surface area contributed by atoms with Crippen LogP contribution < -0.4 is 0 Å². The zero-order valence-electron chi connectivity index (χ0n) is 13.7. The van der Waals surface area contributed by atoms with Crippen LogP contribution in [0.15, 0.2) is 57.5 Å². The normalized spacial score (nSPS) is 17.1. The molecule has 0 radical (unpaired) electrons. The molecule has 3 aromatic rings. The standard InChI is InChI=1S/C19H15BrClN3O2/c20-15-5-3-13(4-6-15)18-22-19(26-23-18)14-9-17(25)24(11-14)10-12-1-7-16(21)8-2-12/h1-8,14H,9-11H2. The number of carbonyl (C=O) groups excluding carboxylic acids is 1. The van der Waals surface area contributed by atoms with Crippen LogP contribution in [0.2, 0.25) is 5.02 Å². The van der Waals surface area contributed by atoms with Crippen LogP contribution in [0.1, 0.15) is 23.8 Å². The second kappa shape index (κ2) is 7.21. The van der Waals surface area contributed by atoms with Crippen molar-refractivity contribution in [3.63, 3.8) is 0 Å². The van der Waals surface area contributed by atoms with Crippen LogP contribution in [0.3, 0.4) is 0 Å². The summed E-state index contributed by atoms with van der Waals surface area (Å²) in [6.45, 7) is 1.13. The third-order valence-corrected chi connectivity index (χ3v) is 5.18. The molecular formula is C19H15BrClN3O2. The summed E-state index contributed by atoms with van der Waals surface area (Å²) in [6.07, 6.45) is 0.384. The number of benzene rings is 2. The summed E-state index contributed by atoms with van der Waals surface area (Å²) in [7, 11) is 0. The molecule has 5 nitrogen and oxygen atoms in total. The molecule has 0 N–H and O–H groups in total. The van der Waals surface area contributed by atoms with Gasteiger partial charge in [0.05, 0.1) is 5.92 Å². The zero-order valence-corrected chi connectivity index (χ0v) is 16.1. The quantitative estimate of drug-likeness (QED) is 0.601. The molecule has 26 heavy (non-hydrogen) atoms. The summed E-state index contributed by atoms with van der Waals surface area (Å²) in [6, 6.07) is 15.2. The Balaban J connectivity index is 1.47. The summed E-state index contributed by atoms with van der Waals surface area (Å²) in [5, 5.41) is 4.74. The Labute approximate surface area is 164 Å². The number of hydrogen-bond acceptors (Lipinski definition) is 4. The molecule has 1 aliphatic heterocycles. The monoisotopic (exact) mass is 431 g/mol. The van der Waals surface area contributed by atoms with E-state index in [2.05, 4.69) is 26.1 Å². The molecule has 132 valence electrons. The van der Waals surface area contributed by atoms with E-state index in [1.54, 1.807) is 0 Å². The molecule has 1 unspecified atom stereocenters. The fourth-order valence-corrected chi connectivity index (χ4v) is 3.41. The second-order valence-corrected chi connectivity index (χ2v) is 7.62. The summed E-state index contributed by atoms with van der Waals surface area (Å²) in [5.74, 6) is 1.06. The molecule has 1 fully saturated rings. The Morgan fingerprint density at radius 1 is 1.15 bits per heavy atom. The highest BCUT2D eigenvalue weighted by Crippen LogP contribution is 2.30. The van der Waals surface area contributed by atoms with Gasteiger partial charge < -0.3 is 9.42 Å². The minimum Gasteiger partial charge on any atom is -0.339 e. The number of likely N-dealkylation sites (tertiary alicyclic amines) is 1. The van der Waals surface area contributed by atoms with E-state index in [1.807, 2.05) is 53.4 Å². The molecule has 1 aromatic heterocycles. The summed E-state index contributed by atoms with van der Waals surface area (Å²) in [5.41, 5.74) is 1.93. The van der Waals surface area contributed by atoms with Gasteiger partial charge in [-0.3, -0.25) is 4.79 Å². The molecule has 4 rings (SSSR count). The van der Waals surface area contributed by atoms with Crippen molar-refractivity contribution in [3.05, 3.63) is 69.5 Å². The van der Waals surface area contributed by atoms with Gasteiger partial charge in [-0.25, -0.2) is 0 Å². The molecule has 0 spiro atoms. The number of carbonyl (C=O) groups is 1. The minimum absolute atomic E-state index is 0.0773. The minimum atomic E-state index is -0.0773. The highest BCUT2D eigenvalue weighted by Gasteiger charge is 2.34. The van der Waals surface area contributed by atoms with Gasteiger partial charge in [-0.05, 0) is 42.0 Å². The van der Waals surface area contributed by atoms with E-state index >= 15 is 0 Å². The molecule has 1 amide bonds. The Kier molecular flexibility index (Phi) is 4.78. The molecule has 0 bridgehead atoms. The Hall–Kier alpha value is -2.18. The maximum atomic E-state index is 12.3. The number of halogens is 2. The lowest BCUT2D eigenvalue weighted by Crippen LogP contribution is -2.24. The predicted molar refractivity (Wildman–Crippen MR) is 102 cm³/mol. The molecule has 2 aromatic carbocycles. The average Bonchev–Trinajstić information content (AvgIpc) is 3.25. The van der Waals surface area contributed by atoms with Gasteiger partial charge in [-0.2, -0.15) is 4.98 Å². The molecular weight excluding hydrogens is 418 g/mol. The van der Waals surface area contributed by atoms with Crippen molar-refractivity contribution in [2.45, 2.75) is 18.9 Å². The van der Waals surface area contributed by atoms with Gasteiger partial charge in [0.2, 0.25) is 17.6 Å². The molecule has 1 atom stereocenters. The fourth-order valence-electron chi connectivity index (χ4n) is 3.02. The van der Waals surface area contributed by atoms with Crippen molar-refractivity contribution in [3.8, 4) is 11.4 Å². The first-order valence-corrected chi connectivity index (χ1v) is 9.37. The van der Waals surface area contributed by atoms with Gasteiger partial charge in [0, 0.05) is 34.6 Å². The summed E-state index contributed by atoms with van der Waals surface area (Å²) >= 11 is 9.32. The van der Waals surface area contributed by atoms with E-state index in [0.717, 1.165) is 15.6 Å². The number of rotatable bonds is 4. The smallest absolute Gasteiger partial charge is 0.232 e. The average molecular weight is 433 g/mol. The van der Waals surface area contributed by atoms with Crippen molar-refractivity contribution in [2.75, 3.05) is 6.54 Å². The van der Waals surface area contributed by atoms with Gasteiger partial charge in [0.25, 0.3) is 0 Å². The molecule has 7 heteroatoms. The van der Waals surface area contributed by atoms with E-state index in [9.17, 15) is 4.79 Å². The van der Waals surface area contributed by atoms with E-state index in [1.165, 1.54) is 0 Å². The van der Waals surface area contributed by atoms with E-state index in [0.29, 0.717) is 36.2 Å². The fraction of sp³-hybridized carbons (Fsp3) is 0.211. The Bertz CT molecular complexity index is 925. The lowest BCUT2D eigenvalue weighted by Gasteiger charge is -2.16. The van der Waals surface area contributed by atoms with Gasteiger partial charge in [0.1, 0.15) is 0 Å². The molecule has 0 aliphatic carbocycles. The first-order chi connectivity index (χ1) is 12.6. The van der Waals surface area contributed by atoms with Crippen LogP contribution in [0, 0.1) is 0 Å². The van der Waals surface area contributed by atoms with E-state index in [4.69, 9.17) is 16.1 Å². The van der Waals surface area contributed by atoms with Crippen molar-refractivity contribution in [2.24, 2.45) is 0 Å². The van der Waals surface area contributed by atoms with E-state index in [-0.39, 0.29) is 11.8 Å². The van der Waals surface area contributed by atoms with Crippen molar-refractivity contribution < 1.29 is 9.32 Å². The SMILES string of the molecule is O=C1CC(c2nc(-c3ccc(Br)cc3)no2)CN1Cc1ccc(Cl)cc1. The van der Waals surface area contributed by atoms with Crippen LogP contribution in [0.25, 0.3) is 11.4 Å². The molecule has 1 saturated heterocycles. The highest BCUT2D eigenvalue weighted by molar-refractivity contribution is 9.10. The number of hydrogen-bond donors (Lipinski definition) is 0. The lowest BCUT2D eigenvalue weighted by molar-refractivity contribution is -0.128. The molecule has 0 saturated carbocycles. The van der Waals surface area contributed by atoms with Crippen molar-refractivity contribution in [1.82, 2.24) is 15.0 Å². The molecule has 2 heterocycles. The van der Waals surface area contributed by atoms with Crippen LogP contribution >= 0.6 is 27.5 Å². The number of amides is 1. The highest BCUT2D eigenvalue weighted by atomic mass is 79.9. The molecule has 1 aliphatic rings. The lowest BCUT2D eigenvalue weighted by atomic mass is 10.1. The van der Waals surface area contributed by atoms with Gasteiger partial charge in [-0.1, -0.05) is 44.8 Å². The maximum Gasteiger partial charge on any atom is 0.232 e. The third kappa shape index (κ3) is 3.66. The zero-order chi connectivity index (χ0) is 18.1. The first kappa shape index (κ1) is 17.2. The number of aromatic nitrogens is 2. The van der Waals surface area contributed by atoms with Crippen LogP contribution in [0.5, 0.6) is 0 Å². The number of nitrogens with zero attached hydrogens (tertiary/aromatic N) is 3. The van der Waals surface area contributed by atoms with Crippen molar-refractivity contribution >= 4 is 33.4 Å². The predicted octanol–water partition coefficient (Wildman–Crippen LogP) is 4.67. The van der Waals surface area contributed by atoms with E-state index < -0.39 is 0 Å². The van der Waals surface area contributed by atoms with Gasteiger partial charge in [0.15, 0.2) is 0 Å². The van der Waals surface area contributed by atoms with Crippen LogP contribution in [-0.2, 0) is 11.3 Å². The summed E-state index contributed by atoms with van der Waals surface area (Å²) < 4.78 is 6.42. The van der Waals surface area contributed by atoms with Gasteiger partial charge in [-0.15, -0.1) is 0 Å².